The number of ether oxygens (including phenoxy) is 1. The molecule has 1 aliphatic rings. The number of hydrogen-bond acceptors (Lipinski definition) is 5. The Labute approximate surface area is 116 Å². The van der Waals surface area contributed by atoms with Crippen LogP contribution in [0.1, 0.15) is 35.0 Å². The number of hydrogen-bond donors (Lipinski definition) is 1. The molecule has 0 fully saturated rings. The Morgan fingerprint density at radius 2 is 2.26 bits per heavy atom. The van der Waals surface area contributed by atoms with Crippen LogP contribution in [0.2, 0.25) is 0 Å². The summed E-state index contributed by atoms with van der Waals surface area (Å²) in [7, 11) is 0. The van der Waals surface area contributed by atoms with Gasteiger partial charge in [0.15, 0.2) is 11.1 Å². The first-order chi connectivity index (χ1) is 9.36. The third-order valence-corrected chi connectivity index (χ3v) is 4.12. The molecule has 2 aromatic rings. The standard InChI is InChI=1S/C14H17N3OS/c1-2-7-15-9-13-16-17-14(19-13)12-8-10-5-3-4-6-11(10)18-12/h3-6,12,15H,2,7-9H2,1H3. The van der Waals surface area contributed by atoms with Gasteiger partial charge in [-0.1, -0.05) is 36.5 Å². The first kappa shape index (κ1) is 12.6. The van der Waals surface area contributed by atoms with E-state index in [1.807, 2.05) is 18.2 Å². The highest BCUT2D eigenvalue weighted by Crippen LogP contribution is 2.37. The molecule has 2 heterocycles. The van der Waals surface area contributed by atoms with Gasteiger partial charge in [-0.3, -0.25) is 0 Å². The molecule has 5 heteroatoms. The fourth-order valence-electron chi connectivity index (χ4n) is 2.16. The van der Waals surface area contributed by atoms with E-state index in [9.17, 15) is 0 Å². The zero-order chi connectivity index (χ0) is 13.1. The quantitative estimate of drug-likeness (QED) is 0.852. The molecule has 1 N–H and O–H groups in total. The molecular formula is C14H17N3OS. The first-order valence-corrected chi connectivity index (χ1v) is 7.46. The van der Waals surface area contributed by atoms with E-state index in [2.05, 4.69) is 28.5 Å². The second-order valence-corrected chi connectivity index (χ2v) is 5.72. The van der Waals surface area contributed by atoms with Crippen molar-refractivity contribution in [3.05, 3.63) is 39.8 Å². The minimum atomic E-state index is 0.0369. The van der Waals surface area contributed by atoms with Gasteiger partial charge >= 0.3 is 0 Å². The van der Waals surface area contributed by atoms with Gasteiger partial charge in [-0.25, -0.2) is 0 Å². The van der Waals surface area contributed by atoms with Crippen molar-refractivity contribution in [2.24, 2.45) is 0 Å². The van der Waals surface area contributed by atoms with Crippen LogP contribution in [0.3, 0.4) is 0 Å². The van der Waals surface area contributed by atoms with E-state index in [1.54, 1.807) is 11.3 Å². The van der Waals surface area contributed by atoms with E-state index in [-0.39, 0.29) is 6.10 Å². The van der Waals surface area contributed by atoms with Crippen LogP contribution in [0.5, 0.6) is 5.75 Å². The summed E-state index contributed by atoms with van der Waals surface area (Å²) in [6.07, 6.45) is 2.06. The second kappa shape index (κ2) is 5.67. The van der Waals surface area contributed by atoms with Crippen molar-refractivity contribution in [1.82, 2.24) is 15.5 Å². The van der Waals surface area contributed by atoms with Crippen molar-refractivity contribution in [2.45, 2.75) is 32.4 Å². The number of nitrogens with zero attached hydrogens (tertiary/aromatic N) is 2. The van der Waals surface area contributed by atoms with Crippen LogP contribution in [-0.4, -0.2) is 16.7 Å². The second-order valence-electron chi connectivity index (χ2n) is 4.63. The summed E-state index contributed by atoms with van der Waals surface area (Å²) in [4.78, 5) is 0. The Balaban J connectivity index is 1.65. The Kier molecular flexibility index (Phi) is 3.75. The molecule has 0 saturated heterocycles. The van der Waals surface area contributed by atoms with Gasteiger partial charge in [-0.15, -0.1) is 10.2 Å². The van der Waals surface area contributed by atoms with Crippen LogP contribution in [0.15, 0.2) is 24.3 Å². The molecule has 1 aliphatic heterocycles. The van der Waals surface area contributed by atoms with Crippen molar-refractivity contribution in [2.75, 3.05) is 6.54 Å². The molecule has 0 saturated carbocycles. The lowest BCUT2D eigenvalue weighted by Crippen LogP contribution is -2.13. The molecule has 0 bridgehead atoms. The third kappa shape index (κ3) is 2.77. The maximum atomic E-state index is 5.92. The number of benzene rings is 1. The van der Waals surface area contributed by atoms with E-state index >= 15 is 0 Å². The molecule has 1 aromatic heterocycles. The smallest absolute Gasteiger partial charge is 0.158 e. The number of nitrogens with one attached hydrogen (secondary N) is 1. The monoisotopic (exact) mass is 275 g/mol. The number of para-hydroxylation sites is 1. The predicted molar refractivity (Wildman–Crippen MR) is 75.4 cm³/mol. The molecule has 1 aromatic carbocycles. The molecular weight excluding hydrogens is 258 g/mol. The van der Waals surface area contributed by atoms with E-state index in [0.29, 0.717) is 0 Å². The lowest BCUT2D eigenvalue weighted by molar-refractivity contribution is 0.237. The van der Waals surface area contributed by atoms with Crippen LogP contribution in [0.25, 0.3) is 0 Å². The lowest BCUT2D eigenvalue weighted by Gasteiger charge is -2.05. The molecule has 19 heavy (non-hydrogen) atoms. The molecule has 0 radical (unpaired) electrons. The van der Waals surface area contributed by atoms with Crippen molar-refractivity contribution < 1.29 is 4.74 Å². The number of rotatable bonds is 5. The van der Waals surface area contributed by atoms with Crippen molar-refractivity contribution in [1.29, 1.82) is 0 Å². The normalized spacial score (nSPS) is 17.2. The van der Waals surface area contributed by atoms with Crippen LogP contribution >= 0.6 is 11.3 Å². The average molecular weight is 275 g/mol. The summed E-state index contributed by atoms with van der Waals surface area (Å²) in [6, 6.07) is 8.17. The van der Waals surface area contributed by atoms with Gasteiger partial charge < -0.3 is 10.1 Å². The summed E-state index contributed by atoms with van der Waals surface area (Å²) in [5.74, 6) is 0.980. The molecule has 1 unspecified atom stereocenters. The highest BCUT2D eigenvalue weighted by molar-refractivity contribution is 7.11. The average Bonchev–Trinajstić information content (AvgIpc) is 3.04. The van der Waals surface area contributed by atoms with Gasteiger partial charge in [-0.2, -0.15) is 0 Å². The lowest BCUT2D eigenvalue weighted by atomic mass is 10.1. The molecule has 0 aliphatic carbocycles. The summed E-state index contributed by atoms with van der Waals surface area (Å²) in [5, 5.41) is 13.8. The Hall–Kier alpha value is -1.46. The first-order valence-electron chi connectivity index (χ1n) is 6.64. The van der Waals surface area contributed by atoms with Gasteiger partial charge in [0, 0.05) is 13.0 Å². The zero-order valence-corrected chi connectivity index (χ0v) is 11.7. The maximum Gasteiger partial charge on any atom is 0.158 e. The summed E-state index contributed by atoms with van der Waals surface area (Å²) < 4.78 is 5.92. The van der Waals surface area contributed by atoms with Crippen LogP contribution in [-0.2, 0) is 13.0 Å². The van der Waals surface area contributed by atoms with Gasteiger partial charge in [0.05, 0.1) is 0 Å². The number of aromatic nitrogens is 2. The minimum Gasteiger partial charge on any atom is -0.483 e. The van der Waals surface area contributed by atoms with Crippen LogP contribution in [0, 0.1) is 0 Å². The summed E-state index contributed by atoms with van der Waals surface area (Å²) in [6.45, 7) is 3.97. The zero-order valence-electron chi connectivity index (χ0n) is 10.9. The van der Waals surface area contributed by atoms with Crippen molar-refractivity contribution in [3.8, 4) is 5.75 Å². The van der Waals surface area contributed by atoms with E-state index in [1.165, 1.54) is 5.56 Å². The molecule has 100 valence electrons. The fraction of sp³-hybridized carbons (Fsp3) is 0.429. The Morgan fingerprint density at radius 3 is 3.11 bits per heavy atom. The van der Waals surface area contributed by atoms with Crippen molar-refractivity contribution >= 4 is 11.3 Å². The molecule has 0 amide bonds. The van der Waals surface area contributed by atoms with Gasteiger partial charge in [0.25, 0.3) is 0 Å². The van der Waals surface area contributed by atoms with Crippen molar-refractivity contribution in [3.63, 3.8) is 0 Å². The molecule has 1 atom stereocenters. The maximum absolute atomic E-state index is 5.92. The Bertz CT molecular complexity index is 530. The SMILES string of the molecule is CCCNCc1nnc(C2Cc3ccccc3O2)s1. The molecule has 4 nitrogen and oxygen atoms in total. The highest BCUT2D eigenvalue weighted by Gasteiger charge is 2.26. The highest BCUT2D eigenvalue weighted by atomic mass is 32.1. The fourth-order valence-corrected chi connectivity index (χ4v) is 3.00. The van der Waals surface area contributed by atoms with Gasteiger partial charge in [0.2, 0.25) is 0 Å². The van der Waals surface area contributed by atoms with Crippen LogP contribution < -0.4 is 10.1 Å². The predicted octanol–water partition coefficient (Wildman–Crippen LogP) is 2.71. The van der Waals surface area contributed by atoms with E-state index in [0.717, 1.165) is 41.7 Å². The largest absolute Gasteiger partial charge is 0.483 e. The van der Waals surface area contributed by atoms with Crippen LogP contribution in [0.4, 0.5) is 0 Å². The molecule has 0 spiro atoms. The molecule has 3 rings (SSSR count). The third-order valence-electron chi connectivity index (χ3n) is 3.11. The Morgan fingerprint density at radius 1 is 1.37 bits per heavy atom. The minimum absolute atomic E-state index is 0.0369. The van der Waals surface area contributed by atoms with Gasteiger partial charge in [0.1, 0.15) is 10.8 Å². The number of fused-ring (bicyclic) bond motifs is 1. The summed E-state index contributed by atoms with van der Waals surface area (Å²) >= 11 is 1.64. The van der Waals surface area contributed by atoms with Gasteiger partial charge in [-0.05, 0) is 24.6 Å². The van der Waals surface area contributed by atoms with E-state index < -0.39 is 0 Å². The summed E-state index contributed by atoms with van der Waals surface area (Å²) in [5.41, 5.74) is 1.26. The van der Waals surface area contributed by atoms with E-state index in [4.69, 9.17) is 4.74 Å². The topological polar surface area (TPSA) is 47.0 Å².